The lowest BCUT2D eigenvalue weighted by Crippen LogP contribution is -2.06. The summed E-state index contributed by atoms with van der Waals surface area (Å²) >= 11 is 0. The van der Waals surface area contributed by atoms with Crippen LogP contribution < -0.4 is 9.47 Å². The van der Waals surface area contributed by atoms with Gasteiger partial charge >= 0.3 is 0 Å². The van der Waals surface area contributed by atoms with Gasteiger partial charge in [0, 0.05) is 26.2 Å². The number of hydrogen-bond acceptors (Lipinski definition) is 5. The van der Waals surface area contributed by atoms with Crippen LogP contribution in [0.4, 0.5) is 0 Å². The highest BCUT2D eigenvalue weighted by molar-refractivity contribution is 5.43. The van der Waals surface area contributed by atoms with Crippen molar-refractivity contribution in [3.63, 3.8) is 0 Å². The van der Waals surface area contributed by atoms with Crippen molar-refractivity contribution in [2.45, 2.75) is 6.42 Å². The standard InChI is InChI=1S/C14H19NO4/c1-16-6-7-18-4-3-5-19-14-9-12(11-15)8-13(10-14)17-2/h8-10H,3-7H2,1-2H3. The molecule has 1 aromatic carbocycles. The second-order valence-electron chi connectivity index (χ2n) is 3.82. The number of hydrogen-bond donors (Lipinski definition) is 0. The van der Waals surface area contributed by atoms with Gasteiger partial charge in [-0.2, -0.15) is 5.26 Å². The normalized spacial score (nSPS) is 9.95. The maximum absolute atomic E-state index is 8.88. The molecule has 0 bridgehead atoms. The zero-order valence-electron chi connectivity index (χ0n) is 11.3. The molecule has 0 N–H and O–H groups in total. The van der Waals surface area contributed by atoms with Crippen LogP contribution >= 0.6 is 0 Å². The van der Waals surface area contributed by atoms with Gasteiger partial charge in [0.1, 0.15) is 11.5 Å². The van der Waals surface area contributed by atoms with Crippen molar-refractivity contribution in [1.82, 2.24) is 0 Å². The molecule has 5 heteroatoms. The fraction of sp³-hybridized carbons (Fsp3) is 0.500. The van der Waals surface area contributed by atoms with E-state index in [1.807, 2.05) is 0 Å². The summed E-state index contributed by atoms with van der Waals surface area (Å²) in [5.74, 6) is 1.25. The Kier molecular flexibility index (Phi) is 7.40. The van der Waals surface area contributed by atoms with E-state index in [1.165, 1.54) is 0 Å². The second-order valence-corrected chi connectivity index (χ2v) is 3.82. The van der Waals surface area contributed by atoms with Crippen LogP contribution in [0.5, 0.6) is 11.5 Å². The van der Waals surface area contributed by atoms with Crippen molar-refractivity contribution in [2.75, 3.05) is 40.6 Å². The number of methoxy groups -OCH3 is 2. The van der Waals surface area contributed by atoms with E-state index in [0.29, 0.717) is 43.5 Å². The van der Waals surface area contributed by atoms with E-state index in [-0.39, 0.29) is 0 Å². The molecule has 0 aromatic heterocycles. The van der Waals surface area contributed by atoms with E-state index in [2.05, 4.69) is 6.07 Å². The van der Waals surface area contributed by atoms with E-state index < -0.39 is 0 Å². The maximum Gasteiger partial charge on any atom is 0.124 e. The van der Waals surface area contributed by atoms with E-state index in [1.54, 1.807) is 32.4 Å². The minimum absolute atomic E-state index is 0.519. The Bertz CT molecular complexity index is 414. The summed E-state index contributed by atoms with van der Waals surface area (Å²) in [7, 11) is 3.20. The zero-order chi connectivity index (χ0) is 13.9. The Balaban J connectivity index is 2.31. The van der Waals surface area contributed by atoms with Gasteiger partial charge in [-0.15, -0.1) is 0 Å². The third-order valence-corrected chi connectivity index (χ3v) is 2.38. The predicted octanol–water partition coefficient (Wildman–Crippen LogP) is 2.00. The van der Waals surface area contributed by atoms with Crippen molar-refractivity contribution in [2.24, 2.45) is 0 Å². The summed E-state index contributed by atoms with van der Waals surface area (Å²) in [5, 5.41) is 8.88. The quantitative estimate of drug-likeness (QED) is 0.639. The average Bonchev–Trinajstić information content (AvgIpc) is 2.45. The molecule has 1 rings (SSSR count). The number of nitriles is 1. The smallest absolute Gasteiger partial charge is 0.124 e. The second kappa shape index (κ2) is 9.20. The SMILES string of the molecule is COCCOCCCOc1cc(C#N)cc(OC)c1. The molecule has 0 saturated carbocycles. The van der Waals surface area contributed by atoms with Crippen LogP contribution in [0.15, 0.2) is 18.2 Å². The summed E-state index contributed by atoms with van der Waals surface area (Å²) in [6.07, 6.45) is 0.781. The molecule has 0 heterocycles. The molecule has 104 valence electrons. The fourth-order valence-electron chi connectivity index (χ4n) is 1.43. The highest BCUT2D eigenvalue weighted by Gasteiger charge is 2.02. The third-order valence-electron chi connectivity index (χ3n) is 2.38. The van der Waals surface area contributed by atoms with Crippen LogP contribution in [-0.4, -0.2) is 40.6 Å². The van der Waals surface area contributed by atoms with Crippen LogP contribution in [0, 0.1) is 11.3 Å². The molecule has 0 atom stereocenters. The minimum Gasteiger partial charge on any atom is -0.497 e. The monoisotopic (exact) mass is 265 g/mol. The lowest BCUT2D eigenvalue weighted by Gasteiger charge is -2.08. The summed E-state index contributed by atoms with van der Waals surface area (Å²) < 4.78 is 20.8. The van der Waals surface area contributed by atoms with Crippen LogP contribution in [0.25, 0.3) is 0 Å². The van der Waals surface area contributed by atoms with Crippen LogP contribution in [-0.2, 0) is 9.47 Å². The third kappa shape index (κ3) is 6.09. The van der Waals surface area contributed by atoms with E-state index in [4.69, 9.17) is 24.2 Å². The molecule has 0 aliphatic heterocycles. The molecular formula is C14H19NO4. The van der Waals surface area contributed by atoms with Gasteiger partial charge in [0.25, 0.3) is 0 Å². The Hall–Kier alpha value is -1.77. The van der Waals surface area contributed by atoms with Crippen molar-refractivity contribution < 1.29 is 18.9 Å². The molecule has 0 aliphatic carbocycles. The lowest BCUT2D eigenvalue weighted by molar-refractivity contribution is 0.0644. The first kappa shape index (κ1) is 15.3. The highest BCUT2D eigenvalue weighted by atomic mass is 16.5. The van der Waals surface area contributed by atoms with Gasteiger partial charge < -0.3 is 18.9 Å². The van der Waals surface area contributed by atoms with Crippen molar-refractivity contribution in [1.29, 1.82) is 5.26 Å². The molecule has 1 aromatic rings. The molecule has 0 amide bonds. The number of rotatable bonds is 9. The van der Waals surface area contributed by atoms with Crippen molar-refractivity contribution in [3.05, 3.63) is 23.8 Å². The first-order valence-corrected chi connectivity index (χ1v) is 6.09. The van der Waals surface area contributed by atoms with E-state index in [9.17, 15) is 0 Å². The molecule has 19 heavy (non-hydrogen) atoms. The predicted molar refractivity (Wildman–Crippen MR) is 70.5 cm³/mol. The minimum atomic E-state index is 0.519. The van der Waals surface area contributed by atoms with Crippen LogP contribution in [0.1, 0.15) is 12.0 Å². The molecule has 0 saturated heterocycles. The summed E-state index contributed by atoms with van der Waals surface area (Å²) in [5.41, 5.74) is 0.519. The first-order valence-electron chi connectivity index (χ1n) is 6.09. The number of nitrogens with zero attached hydrogens (tertiary/aromatic N) is 1. The van der Waals surface area contributed by atoms with Gasteiger partial charge in [-0.3, -0.25) is 0 Å². The molecule has 0 radical (unpaired) electrons. The Morgan fingerprint density at radius 2 is 1.79 bits per heavy atom. The fourth-order valence-corrected chi connectivity index (χ4v) is 1.43. The molecule has 5 nitrogen and oxygen atoms in total. The van der Waals surface area contributed by atoms with E-state index >= 15 is 0 Å². The molecular weight excluding hydrogens is 246 g/mol. The van der Waals surface area contributed by atoms with Gasteiger partial charge in [0.05, 0.1) is 38.6 Å². The topological polar surface area (TPSA) is 60.7 Å². The van der Waals surface area contributed by atoms with E-state index in [0.717, 1.165) is 6.42 Å². The van der Waals surface area contributed by atoms with Crippen LogP contribution in [0.3, 0.4) is 0 Å². The summed E-state index contributed by atoms with van der Waals surface area (Å²) in [6.45, 7) is 2.35. The summed E-state index contributed by atoms with van der Waals surface area (Å²) in [4.78, 5) is 0. The Labute approximate surface area is 113 Å². The van der Waals surface area contributed by atoms with Gasteiger partial charge in [-0.05, 0) is 12.1 Å². The van der Waals surface area contributed by atoms with Gasteiger partial charge in [-0.25, -0.2) is 0 Å². The van der Waals surface area contributed by atoms with Crippen LogP contribution in [0.2, 0.25) is 0 Å². The number of ether oxygens (including phenoxy) is 4. The van der Waals surface area contributed by atoms with Gasteiger partial charge in [0.15, 0.2) is 0 Å². The Morgan fingerprint density at radius 1 is 1.00 bits per heavy atom. The Morgan fingerprint density at radius 3 is 2.47 bits per heavy atom. The molecule has 0 fully saturated rings. The molecule has 0 unspecified atom stereocenters. The largest absolute Gasteiger partial charge is 0.497 e. The van der Waals surface area contributed by atoms with Gasteiger partial charge in [-0.1, -0.05) is 0 Å². The maximum atomic E-state index is 8.88. The zero-order valence-corrected chi connectivity index (χ0v) is 11.3. The molecule has 0 spiro atoms. The molecule has 0 aliphatic rings. The van der Waals surface area contributed by atoms with Gasteiger partial charge in [0.2, 0.25) is 0 Å². The highest BCUT2D eigenvalue weighted by Crippen LogP contribution is 2.22. The summed E-state index contributed by atoms with van der Waals surface area (Å²) in [6, 6.07) is 7.18. The lowest BCUT2D eigenvalue weighted by atomic mass is 10.2. The number of benzene rings is 1. The average molecular weight is 265 g/mol. The van der Waals surface area contributed by atoms with Crippen molar-refractivity contribution in [3.8, 4) is 17.6 Å². The van der Waals surface area contributed by atoms with Crippen molar-refractivity contribution >= 4 is 0 Å². The first-order chi connectivity index (χ1) is 9.30.